The van der Waals surface area contributed by atoms with Gasteiger partial charge in [-0.3, -0.25) is 5.32 Å². The van der Waals surface area contributed by atoms with Gasteiger partial charge in [-0.25, -0.2) is 0 Å². The Morgan fingerprint density at radius 3 is 2.00 bits per heavy atom. The van der Waals surface area contributed by atoms with E-state index in [9.17, 15) is 8.42 Å². The molecule has 0 amide bonds. The maximum Gasteiger partial charge on any atom is 0.281 e. The van der Waals surface area contributed by atoms with Crippen molar-refractivity contribution in [2.45, 2.75) is 50.2 Å². The van der Waals surface area contributed by atoms with E-state index in [1.165, 1.54) is 4.41 Å². The van der Waals surface area contributed by atoms with Gasteiger partial charge >= 0.3 is 0 Å². The Balaban J connectivity index is 1.95. The Morgan fingerprint density at radius 1 is 0.875 bits per heavy atom. The molecule has 0 radical (unpaired) electrons. The van der Waals surface area contributed by atoms with Gasteiger partial charge in [0.1, 0.15) is 0 Å². The zero-order valence-electron chi connectivity index (χ0n) is 18.9. The third kappa shape index (κ3) is 4.20. The molecule has 0 aromatic heterocycles. The molecule has 0 saturated heterocycles. The summed E-state index contributed by atoms with van der Waals surface area (Å²) >= 11 is 0. The van der Waals surface area contributed by atoms with Gasteiger partial charge in [-0.15, -0.1) is 0 Å². The van der Waals surface area contributed by atoms with Gasteiger partial charge in [-0.05, 0) is 51.0 Å². The highest BCUT2D eigenvalue weighted by atomic mass is 32.2. The summed E-state index contributed by atoms with van der Waals surface area (Å²) in [6, 6.07) is 26.4. The smallest absolute Gasteiger partial charge is 0.281 e. The Hall–Kier alpha value is -2.96. The van der Waals surface area contributed by atoms with Crippen LogP contribution in [0, 0.1) is 6.92 Å². The summed E-state index contributed by atoms with van der Waals surface area (Å²) < 4.78 is 29.2. The van der Waals surface area contributed by atoms with Crippen molar-refractivity contribution in [3.05, 3.63) is 102 Å². The number of sulfonamides is 1. The first-order valence-corrected chi connectivity index (χ1v) is 12.2. The van der Waals surface area contributed by atoms with Crippen molar-refractivity contribution in [1.29, 1.82) is 0 Å². The Bertz CT molecular complexity index is 1220. The first-order chi connectivity index (χ1) is 15.1. The minimum atomic E-state index is -3.94. The van der Waals surface area contributed by atoms with Crippen molar-refractivity contribution in [2.24, 2.45) is 5.10 Å². The number of nitrogens with one attached hydrogen (secondary N) is 1. The summed E-state index contributed by atoms with van der Waals surface area (Å²) in [5.74, 6) is 0. The molecule has 0 aliphatic carbocycles. The molecule has 1 atom stereocenters. The Labute approximate surface area is 190 Å². The van der Waals surface area contributed by atoms with E-state index in [0.717, 1.165) is 22.4 Å². The summed E-state index contributed by atoms with van der Waals surface area (Å²) in [5.41, 5.74) is 2.04. The predicted octanol–water partition coefficient (Wildman–Crippen LogP) is 5.03. The van der Waals surface area contributed by atoms with E-state index in [0.29, 0.717) is 6.42 Å². The fourth-order valence-corrected chi connectivity index (χ4v) is 5.62. The van der Waals surface area contributed by atoms with E-state index in [2.05, 4.69) is 5.32 Å². The summed E-state index contributed by atoms with van der Waals surface area (Å²) in [5, 5.41) is 8.36. The average molecular weight is 448 g/mol. The van der Waals surface area contributed by atoms with Gasteiger partial charge < -0.3 is 0 Å². The summed E-state index contributed by atoms with van der Waals surface area (Å²) in [6.07, 6.45) is 0.406. The zero-order valence-corrected chi connectivity index (χ0v) is 19.7. The van der Waals surface area contributed by atoms with Crippen molar-refractivity contribution in [3.8, 4) is 0 Å². The van der Waals surface area contributed by atoms with Crippen molar-refractivity contribution in [1.82, 2.24) is 9.73 Å². The van der Waals surface area contributed by atoms with Crippen LogP contribution in [-0.2, 0) is 15.7 Å². The normalized spacial score (nSPS) is 19.1. The molecule has 166 valence electrons. The first kappa shape index (κ1) is 22.2. The number of hydrogen-bond acceptors (Lipinski definition) is 4. The Kier molecular flexibility index (Phi) is 5.69. The van der Waals surface area contributed by atoms with Gasteiger partial charge in [0, 0.05) is 12.0 Å². The number of benzene rings is 3. The molecule has 1 aliphatic heterocycles. The van der Waals surface area contributed by atoms with Gasteiger partial charge in [0.05, 0.1) is 10.6 Å². The van der Waals surface area contributed by atoms with Gasteiger partial charge in [0.25, 0.3) is 10.0 Å². The second-order valence-corrected chi connectivity index (χ2v) is 11.0. The van der Waals surface area contributed by atoms with Gasteiger partial charge in [-0.2, -0.15) is 17.9 Å². The number of rotatable bonds is 5. The Morgan fingerprint density at radius 2 is 1.44 bits per heavy atom. The molecule has 3 aromatic carbocycles. The fraction of sp³-hybridized carbons (Fsp3) is 0.269. The highest BCUT2D eigenvalue weighted by molar-refractivity contribution is 7.89. The van der Waals surface area contributed by atoms with E-state index in [-0.39, 0.29) is 10.4 Å². The van der Waals surface area contributed by atoms with Crippen molar-refractivity contribution in [3.63, 3.8) is 0 Å². The lowest BCUT2D eigenvalue weighted by atomic mass is 9.90. The van der Waals surface area contributed by atoms with Gasteiger partial charge in [0.2, 0.25) is 0 Å². The van der Waals surface area contributed by atoms with Crippen LogP contribution in [-0.4, -0.2) is 24.1 Å². The van der Waals surface area contributed by atoms with Crippen molar-refractivity contribution in [2.75, 3.05) is 0 Å². The van der Waals surface area contributed by atoms with Crippen LogP contribution >= 0.6 is 0 Å². The second kappa shape index (κ2) is 8.19. The molecule has 1 heterocycles. The topological polar surface area (TPSA) is 61.8 Å². The molecule has 4 rings (SSSR count). The highest BCUT2D eigenvalue weighted by Crippen LogP contribution is 2.42. The molecule has 1 aliphatic rings. The molecule has 32 heavy (non-hydrogen) atoms. The molecule has 1 N–H and O–H groups in total. The van der Waals surface area contributed by atoms with Crippen LogP contribution in [0.3, 0.4) is 0 Å². The zero-order chi connectivity index (χ0) is 23.0. The summed E-state index contributed by atoms with van der Waals surface area (Å²) in [6.45, 7) is 8.05. The van der Waals surface area contributed by atoms with Crippen LogP contribution in [0.1, 0.15) is 43.9 Å². The SMILES string of the molecule is Cc1ccc(S(=O)(=O)N2N=C(c3ccccc3)C[C@]2(NC(C)(C)C)c2ccccc2)cc1. The molecule has 0 fully saturated rings. The third-order valence-corrected chi connectivity index (χ3v) is 7.16. The molecule has 0 unspecified atom stereocenters. The monoisotopic (exact) mass is 447 g/mol. The maximum atomic E-state index is 14.0. The summed E-state index contributed by atoms with van der Waals surface area (Å²) in [4.78, 5) is 0.220. The van der Waals surface area contributed by atoms with Gasteiger partial charge in [0.15, 0.2) is 5.66 Å². The van der Waals surface area contributed by atoms with Crippen molar-refractivity contribution < 1.29 is 8.42 Å². The van der Waals surface area contributed by atoms with Crippen LogP contribution in [0.4, 0.5) is 0 Å². The molecule has 0 bridgehead atoms. The quantitative estimate of drug-likeness (QED) is 0.596. The summed E-state index contributed by atoms with van der Waals surface area (Å²) in [7, 11) is -3.94. The van der Waals surface area contributed by atoms with Crippen molar-refractivity contribution >= 4 is 15.7 Å². The lowest BCUT2D eigenvalue weighted by Gasteiger charge is -2.42. The predicted molar refractivity (Wildman–Crippen MR) is 129 cm³/mol. The number of hydrazone groups is 1. The maximum absolute atomic E-state index is 14.0. The molecule has 6 heteroatoms. The van der Waals surface area contributed by atoms with E-state index in [1.807, 2.05) is 100 Å². The number of hydrogen-bond donors (Lipinski definition) is 1. The molecule has 3 aromatic rings. The van der Waals surface area contributed by atoms with Gasteiger partial charge in [-0.1, -0.05) is 78.4 Å². The number of nitrogens with zero attached hydrogens (tertiary/aromatic N) is 2. The largest absolute Gasteiger partial charge is 0.284 e. The first-order valence-electron chi connectivity index (χ1n) is 10.7. The minimum Gasteiger partial charge on any atom is -0.284 e. The molecule has 0 spiro atoms. The highest BCUT2D eigenvalue weighted by Gasteiger charge is 2.52. The van der Waals surface area contributed by atoms with E-state index in [1.54, 1.807) is 12.1 Å². The van der Waals surface area contributed by atoms with E-state index < -0.39 is 15.7 Å². The number of aryl methyl sites for hydroxylation is 1. The standard InChI is InChI=1S/C26H29N3O2S/c1-20-15-17-23(18-16-20)32(30,31)29-26(28-25(2,3)4,22-13-9-6-10-14-22)19-24(27-29)21-11-7-5-8-12-21/h5-18,28H,19H2,1-4H3/t26-/m1/s1. The van der Waals surface area contributed by atoms with Crippen LogP contribution < -0.4 is 5.32 Å². The average Bonchev–Trinajstić information content (AvgIpc) is 3.15. The van der Waals surface area contributed by atoms with E-state index >= 15 is 0 Å². The third-order valence-electron chi connectivity index (χ3n) is 5.45. The van der Waals surface area contributed by atoms with Crippen LogP contribution in [0.5, 0.6) is 0 Å². The molecule has 5 nitrogen and oxygen atoms in total. The van der Waals surface area contributed by atoms with Crippen LogP contribution in [0.2, 0.25) is 0 Å². The van der Waals surface area contributed by atoms with Crippen LogP contribution in [0.15, 0.2) is 94.9 Å². The lowest BCUT2D eigenvalue weighted by molar-refractivity contribution is 0.127. The molecule has 0 saturated carbocycles. The minimum absolute atomic E-state index is 0.220. The fourth-order valence-electron chi connectivity index (χ4n) is 4.11. The lowest BCUT2D eigenvalue weighted by Crippen LogP contribution is -2.59. The molecular weight excluding hydrogens is 418 g/mol. The van der Waals surface area contributed by atoms with Crippen LogP contribution in [0.25, 0.3) is 0 Å². The second-order valence-electron chi connectivity index (χ2n) is 9.25. The molecular formula is C26H29N3O2S. The van der Waals surface area contributed by atoms with E-state index in [4.69, 9.17) is 5.10 Å².